The van der Waals surface area contributed by atoms with Crippen LogP contribution in [-0.4, -0.2) is 61.0 Å². The lowest BCUT2D eigenvalue weighted by Crippen LogP contribution is -2.49. The van der Waals surface area contributed by atoms with Crippen LogP contribution in [0.1, 0.15) is 40.5 Å². The van der Waals surface area contributed by atoms with Crippen molar-refractivity contribution in [1.29, 1.82) is 0 Å². The molecule has 1 atom stereocenters. The van der Waals surface area contributed by atoms with Gasteiger partial charge in [0, 0.05) is 18.6 Å². The lowest BCUT2D eigenvalue weighted by Gasteiger charge is -2.36. The largest absolute Gasteiger partial charge is 0.337 e. The van der Waals surface area contributed by atoms with Gasteiger partial charge < -0.3 is 10.2 Å². The Morgan fingerprint density at radius 1 is 1.30 bits per heavy atom. The smallest absolute Gasteiger partial charge is 0.237 e. The fourth-order valence-electron chi connectivity index (χ4n) is 3.20. The summed E-state index contributed by atoms with van der Waals surface area (Å²) < 4.78 is 0. The van der Waals surface area contributed by atoms with Gasteiger partial charge in [-0.2, -0.15) is 0 Å². The van der Waals surface area contributed by atoms with E-state index in [1.165, 1.54) is 12.8 Å². The van der Waals surface area contributed by atoms with Crippen molar-refractivity contribution in [1.82, 2.24) is 15.1 Å². The van der Waals surface area contributed by atoms with Gasteiger partial charge in [0.2, 0.25) is 5.91 Å². The van der Waals surface area contributed by atoms with Crippen LogP contribution in [0.2, 0.25) is 0 Å². The molecule has 1 fully saturated rings. The lowest BCUT2D eigenvalue weighted by atomic mass is 9.98. The zero-order valence-corrected chi connectivity index (χ0v) is 14.5. The van der Waals surface area contributed by atoms with E-state index in [4.69, 9.17) is 0 Å². The molecule has 5 heteroatoms. The molecule has 1 N–H and O–H groups in total. The molecular weight excluding hydrogens is 274 g/mol. The van der Waals surface area contributed by atoms with Gasteiger partial charge in [0.25, 0.3) is 0 Å². The Morgan fingerprint density at radius 3 is 2.40 bits per heavy atom. The van der Waals surface area contributed by atoms with Crippen molar-refractivity contribution in [3.63, 3.8) is 0 Å². The molecule has 0 bridgehead atoms. The molecule has 1 unspecified atom stereocenters. The maximum absolute atomic E-state index is 12.4. The van der Waals surface area contributed by atoms with Crippen molar-refractivity contribution in [2.45, 2.75) is 52.6 Å². The average Bonchev–Trinajstić information content (AvgIpc) is 2.28. The Morgan fingerprint density at radius 2 is 1.90 bits per heavy atom. The predicted octanol–water partition coefficient (Wildman–Crippen LogP) is 1.98. The van der Waals surface area contributed by atoms with Gasteiger partial charge in [0.15, 0.2) is 0 Å². The normalized spacial score (nSPS) is 20.1. The molecule has 1 aliphatic heterocycles. The number of piperidine rings is 1. The van der Waals surface area contributed by atoms with E-state index in [-0.39, 0.29) is 30.4 Å². The van der Waals surface area contributed by atoms with E-state index in [2.05, 4.69) is 37.9 Å². The number of rotatable bonds is 6. The van der Waals surface area contributed by atoms with Gasteiger partial charge in [0.05, 0.1) is 6.54 Å². The summed E-state index contributed by atoms with van der Waals surface area (Å²) in [5.74, 6) is 0.966. The van der Waals surface area contributed by atoms with Gasteiger partial charge >= 0.3 is 0 Å². The second kappa shape index (κ2) is 9.59. The third-order valence-corrected chi connectivity index (χ3v) is 3.86. The molecule has 1 saturated heterocycles. The van der Waals surface area contributed by atoms with Gasteiger partial charge in [0.1, 0.15) is 0 Å². The van der Waals surface area contributed by atoms with Crippen LogP contribution < -0.4 is 5.32 Å². The molecule has 0 aromatic rings. The number of nitrogens with one attached hydrogen (secondary N) is 1. The van der Waals surface area contributed by atoms with Crippen LogP contribution in [0.5, 0.6) is 0 Å². The first-order valence-corrected chi connectivity index (χ1v) is 7.63. The Kier molecular flexibility index (Phi) is 9.43. The quantitative estimate of drug-likeness (QED) is 0.815. The van der Waals surface area contributed by atoms with Gasteiger partial charge in [-0.05, 0) is 66.6 Å². The van der Waals surface area contributed by atoms with Crippen LogP contribution >= 0.6 is 12.4 Å². The topological polar surface area (TPSA) is 35.6 Å². The fourth-order valence-corrected chi connectivity index (χ4v) is 3.20. The minimum Gasteiger partial charge on any atom is -0.337 e. The van der Waals surface area contributed by atoms with Gasteiger partial charge in [-0.25, -0.2) is 0 Å². The maximum Gasteiger partial charge on any atom is 0.237 e. The number of hydrogen-bond acceptors (Lipinski definition) is 3. The molecule has 0 saturated carbocycles. The van der Waals surface area contributed by atoms with E-state index < -0.39 is 0 Å². The zero-order valence-electron chi connectivity index (χ0n) is 13.7. The summed E-state index contributed by atoms with van der Waals surface area (Å²) in [5.41, 5.74) is 0. The van der Waals surface area contributed by atoms with E-state index in [0.717, 1.165) is 19.6 Å². The molecular formula is C15H32ClN3O. The maximum atomic E-state index is 12.4. The van der Waals surface area contributed by atoms with E-state index in [1.54, 1.807) is 0 Å². The summed E-state index contributed by atoms with van der Waals surface area (Å²) in [6, 6.07) is 0.566. The molecule has 4 nitrogen and oxygen atoms in total. The first kappa shape index (κ1) is 19.7. The van der Waals surface area contributed by atoms with Crippen LogP contribution in [0, 0.1) is 5.92 Å². The minimum absolute atomic E-state index is 0. The second-order valence-corrected chi connectivity index (χ2v) is 6.29. The second-order valence-electron chi connectivity index (χ2n) is 6.29. The van der Waals surface area contributed by atoms with Crippen LogP contribution in [-0.2, 0) is 4.79 Å². The first-order valence-electron chi connectivity index (χ1n) is 7.63. The van der Waals surface area contributed by atoms with Crippen molar-refractivity contribution in [3.05, 3.63) is 0 Å². The van der Waals surface area contributed by atoms with E-state index in [9.17, 15) is 4.79 Å². The van der Waals surface area contributed by atoms with E-state index >= 15 is 0 Å². The highest BCUT2D eigenvalue weighted by molar-refractivity contribution is 5.85. The zero-order chi connectivity index (χ0) is 14.4. The molecule has 20 heavy (non-hydrogen) atoms. The molecule has 1 heterocycles. The van der Waals surface area contributed by atoms with Crippen molar-refractivity contribution in [2.75, 3.05) is 33.2 Å². The highest BCUT2D eigenvalue weighted by Gasteiger charge is 2.25. The number of carbonyl (C=O) groups is 1. The van der Waals surface area contributed by atoms with Crippen molar-refractivity contribution >= 4 is 18.3 Å². The predicted molar refractivity (Wildman–Crippen MR) is 87.5 cm³/mol. The highest BCUT2D eigenvalue weighted by Crippen LogP contribution is 2.16. The number of hydrogen-bond donors (Lipinski definition) is 1. The van der Waals surface area contributed by atoms with Gasteiger partial charge in [-0.1, -0.05) is 0 Å². The molecule has 0 aromatic carbocycles. The summed E-state index contributed by atoms with van der Waals surface area (Å²) in [5, 5.41) is 3.25. The average molecular weight is 306 g/mol. The molecule has 0 radical (unpaired) electrons. The van der Waals surface area contributed by atoms with Crippen LogP contribution in [0.15, 0.2) is 0 Å². The van der Waals surface area contributed by atoms with Crippen LogP contribution in [0.4, 0.5) is 0 Å². The Labute approximate surface area is 130 Å². The van der Waals surface area contributed by atoms with Crippen molar-refractivity contribution in [2.24, 2.45) is 5.92 Å². The monoisotopic (exact) mass is 305 g/mol. The summed E-state index contributed by atoms with van der Waals surface area (Å²) >= 11 is 0. The van der Waals surface area contributed by atoms with E-state index in [1.807, 2.05) is 11.9 Å². The first-order chi connectivity index (χ1) is 8.95. The summed E-state index contributed by atoms with van der Waals surface area (Å²) in [4.78, 5) is 16.8. The van der Waals surface area contributed by atoms with E-state index in [0.29, 0.717) is 12.5 Å². The van der Waals surface area contributed by atoms with Crippen molar-refractivity contribution < 1.29 is 4.79 Å². The summed E-state index contributed by atoms with van der Waals surface area (Å²) in [6.45, 7) is 12.1. The fraction of sp³-hybridized carbons (Fsp3) is 0.933. The Balaban J connectivity index is 0.00000361. The third kappa shape index (κ3) is 5.98. The number of likely N-dealkylation sites (tertiary alicyclic amines) is 1. The molecule has 1 amide bonds. The molecule has 120 valence electrons. The molecule has 0 spiro atoms. The molecule has 0 aliphatic carbocycles. The lowest BCUT2D eigenvalue weighted by molar-refractivity contribution is -0.136. The number of nitrogens with zero attached hydrogens (tertiary/aromatic N) is 2. The molecule has 1 rings (SSSR count). The number of carbonyl (C=O) groups excluding carboxylic acids is 1. The van der Waals surface area contributed by atoms with Crippen LogP contribution in [0.25, 0.3) is 0 Å². The van der Waals surface area contributed by atoms with Crippen molar-refractivity contribution in [3.8, 4) is 0 Å². The van der Waals surface area contributed by atoms with Gasteiger partial charge in [-0.15, -0.1) is 12.4 Å². The molecule has 1 aliphatic rings. The minimum atomic E-state index is 0. The standard InChI is InChI=1S/C15H31N3O.ClH/c1-12(2)18(13(3)4)15(19)11-17-8-6-7-14(10-17)9-16-5;/h12-14,16H,6-11H2,1-5H3;1H. The SMILES string of the molecule is CNCC1CCCN(CC(=O)N(C(C)C)C(C)C)C1.Cl. The summed E-state index contributed by atoms with van der Waals surface area (Å²) in [7, 11) is 2.00. The summed E-state index contributed by atoms with van der Waals surface area (Å²) in [6.07, 6.45) is 2.49. The highest BCUT2D eigenvalue weighted by atomic mass is 35.5. The molecule has 0 aromatic heterocycles. The number of amides is 1. The number of halogens is 1. The Hall–Kier alpha value is -0.320. The van der Waals surface area contributed by atoms with Gasteiger partial charge in [-0.3, -0.25) is 9.69 Å². The third-order valence-electron chi connectivity index (χ3n) is 3.86. The Bertz CT molecular complexity index is 274. The van der Waals surface area contributed by atoms with Crippen LogP contribution in [0.3, 0.4) is 0 Å².